The van der Waals surface area contributed by atoms with Crippen molar-refractivity contribution in [3.63, 3.8) is 0 Å². The summed E-state index contributed by atoms with van der Waals surface area (Å²) in [7, 11) is 0. The van der Waals surface area contributed by atoms with Crippen LogP contribution in [0.15, 0.2) is 5.38 Å². The average molecular weight is 198 g/mol. The Morgan fingerprint density at radius 2 is 2.31 bits per heavy atom. The van der Waals surface area contributed by atoms with Crippen molar-refractivity contribution in [2.24, 2.45) is 0 Å². The van der Waals surface area contributed by atoms with Crippen LogP contribution in [0.4, 0.5) is 0 Å². The molecule has 1 aromatic rings. The predicted molar refractivity (Wildman–Crippen MR) is 58.2 cm³/mol. The lowest BCUT2D eigenvalue weighted by molar-refractivity contribution is 0.663. The van der Waals surface area contributed by atoms with E-state index in [1.807, 2.05) is 0 Å². The summed E-state index contributed by atoms with van der Waals surface area (Å²) in [6, 6.07) is 0. The number of thiazole rings is 1. The Morgan fingerprint density at radius 3 is 2.85 bits per heavy atom. The van der Waals surface area contributed by atoms with Crippen LogP contribution in [0.25, 0.3) is 0 Å². The number of aromatic nitrogens is 1. The lowest BCUT2D eigenvalue weighted by atomic mass is 10.2. The van der Waals surface area contributed by atoms with Gasteiger partial charge in [-0.05, 0) is 13.0 Å². The molecule has 74 valence electrons. The van der Waals surface area contributed by atoms with Gasteiger partial charge in [-0.1, -0.05) is 20.8 Å². The van der Waals surface area contributed by atoms with Gasteiger partial charge in [-0.25, -0.2) is 4.98 Å². The van der Waals surface area contributed by atoms with E-state index in [0.29, 0.717) is 5.92 Å². The summed E-state index contributed by atoms with van der Waals surface area (Å²) in [5.41, 5.74) is 1.18. The summed E-state index contributed by atoms with van der Waals surface area (Å²) >= 11 is 1.76. The molecule has 0 fully saturated rings. The molecule has 1 rings (SSSR count). The summed E-state index contributed by atoms with van der Waals surface area (Å²) in [4.78, 5) is 4.54. The van der Waals surface area contributed by atoms with Gasteiger partial charge in [0.05, 0.1) is 10.7 Å². The molecular weight excluding hydrogens is 180 g/mol. The van der Waals surface area contributed by atoms with Crippen LogP contribution < -0.4 is 5.32 Å². The van der Waals surface area contributed by atoms with Crippen LogP contribution in [0.1, 0.15) is 43.8 Å². The van der Waals surface area contributed by atoms with Crippen molar-refractivity contribution in [3.05, 3.63) is 16.1 Å². The molecule has 0 saturated carbocycles. The van der Waals surface area contributed by atoms with Crippen molar-refractivity contribution in [1.82, 2.24) is 10.3 Å². The van der Waals surface area contributed by atoms with Gasteiger partial charge in [0.1, 0.15) is 0 Å². The van der Waals surface area contributed by atoms with Crippen LogP contribution in [-0.2, 0) is 6.54 Å². The zero-order valence-corrected chi connectivity index (χ0v) is 9.45. The highest BCUT2D eigenvalue weighted by molar-refractivity contribution is 7.09. The lowest BCUT2D eigenvalue weighted by Gasteiger charge is -1.99. The van der Waals surface area contributed by atoms with Gasteiger partial charge in [0.15, 0.2) is 0 Å². The highest BCUT2D eigenvalue weighted by Crippen LogP contribution is 2.18. The number of nitrogens with one attached hydrogen (secondary N) is 1. The van der Waals surface area contributed by atoms with E-state index in [1.165, 1.54) is 17.1 Å². The standard InChI is InChI=1S/C10H18N2S/c1-4-5-11-6-9-7-13-10(12-9)8(2)3/h7-8,11H,4-6H2,1-3H3. The van der Waals surface area contributed by atoms with Crippen molar-refractivity contribution in [1.29, 1.82) is 0 Å². The minimum atomic E-state index is 0.560. The first kappa shape index (κ1) is 10.7. The quantitative estimate of drug-likeness (QED) is 0.736. The van der Waals surface area contributed by atoms with E-state index >= 15 is 0 Å². The van der Waals surface area contributed by atoms with Gasteiger partial charge in [-0.15, -0.1) is 11.3 Å². The summed E-state index contributed by atoms with van der Waals surface area (Å²) in [5.74, 6) is 0.560. The van der Waals surface area contributed by atoms with Crippen LogP contribution in [0.2, 0.25) is 0 Å². The van der Waals surface area contributed by atoms with Crippen molar-refractivity contribution < 1.29 is 0 Å². The van der Waals surface area contributed by atoms with Gasteiger partial charge in [-0.3, -0.25) is 0 Å². The first-order chi connectivity index (χ1) is 6.24. The summed E-state index contributed by atoms with van der Waals surface area (Å²) in [5, 5.41) is 6.74. The molecule has 3 heteroatoms. The minimum absolute atomic E-state index is 0.560. The fourth-order valence-corrected chi connectivity index (χ4v) is 1.90. The SMILES string of the molecule is CCCNCc1csc(C(C)C)n1. The molecule has 13 heavy (non-hydrogen) atoms. The second-order valence-electron chi connectivity index (χ2n) is 3.51. The van der Waals surface area contributed by atoms with Crippen LogP contribution in [0.5, 0.6) is 0 Å². The minimum Gasteiger partial charge on any atom is -0.311 e. The normalized spacial score (nSPS) is 11.1. The number of hydrogen-bond acceptors (Lipinski definition) is 3. The Hall–Kier alpha value is -0.410. The zero-order valence-electron chi connectivity index (χ0n) is 8.63. The first-order valence-corrected chi connectivity index (χ1v) is 5.77. The third-order valence-corrected chi connectivity index (χ3v) is 2.99. The van der Waals surface area contributed by atoms with E-state index in [0.717, 1.165) is 13.1 Å². The molecule has 0 aliphatic rings. The molecule has 0 aliphatic carbocycles. The van der Waals surface area contributed by atoms with Gasteiger partial charge >= 0.3 is 0 Å². The Morgan fingerprint density at radius 1 is 1.54 bits per heavy atom. The maximum absolute atomic E-state index is 4.54. The molecule has 2 nitrogen and oxygen atoms in total. The van der Waals surface area contributed by atoms with Gasteiger partial charge in [-0.2, -0.15) is 0 Å². The van der Waals surface area contributed by atoms with Crippen LogP contribution >= 0.6 is 11.3 Å². The lowest BCUT2D eigenvalue weighted by Crippen LogP contribution is -2.13. The molecule has 0 radical (unpaired) electrons. The van der Waals surface area contributed by atoms with Crippen molar-refractivity contribution >= 4 is 11.3 Å². The molecule has 0 aliphatic heterocycles. The van der Waals surface area contributed by atoms with E-state index in [2.05, 4.69) is 36.5 Å². The molecule has 1 heterocycles. The van der Waals surface area contributed by atoms with E-state index in [4.69, 9.17) is 0 Å². The Labute approximate surface area is 84.4 Å². The maximum atomic E-state index is 4.54. The zero-order chi connectivity index (χ0) is 9.68. The summed E-state index contributed by atoms with van der Waals surface area (Å²) < 4.78 is 0. The van der Waals surface area contributed by atoms with E-state index in [1.54, 1.807) is 11.3 Å². The smallest absolute Gasteiger partial charge is 0.0954 e. The Bertz CT molecular complexity index is 243. The highest BCUT2D eigenvalue weighted by Gasteiger charge is 2.04. The van der Waals surface area contributed by atoms with Gasteiger partial charge in [0, 0.05) is 17.8 Å². The van der Waals surface area contributed by atoms with Crippen LogP contribution in [0.3, 0.4) is 0 Å². The summed E-state index contributed by atoms with van der Waals surface area (Å²) in [6.45, 7) is 8.53. The van der Waals surface area contributed by atoms with E-state index in [-0.39, 0.29) is 0 Å². The predicted octanol–water partition coefficient (Wildman–Crippen LogP) is 2.77. The average Bonchev–Trinajstić information content (AvgIpc) is 2.53. The maximum Gasteiger partial charge on any atom is 0.0954 e. The third-order valence-electron chi connectivity index (χ3n) is 1.80. The van der Waals surface area contributed by atoms with Crippen LogP contribution in [0, 0.1) is 0 Å². The second-order valence-corrected chi connectivity index (χ2v) is 4.40. The number of hydrogen-bond donors (Lipinski definition) is 1. The third kappa shape index (κ3) is 3.44. The number of rotatable bonds is 5. The summed E-state index contributed by atoms with van der Waals surface area (Å²) in [6.07, 6.45) is 1.18. The Balaban J connectivity index is 2.40. The molecule has 0 spiro atoms. The molecule has 1 N–H and O–H groups in total. The van der Waals surface area contributed by atoms with Crippen molar-refractivity contribution in [2.45, 2.75) is 39.7 Å². The molecule has 1 aromatic heterocycles. The van der Waals surface area contributed by atoms with Gasteiger partial charge < -0.3 is 5.32 Å². The van der Waals surface area contributed by atoms with E-state index in [9.17, 15) is 0 Å². The molecular formula is C10H18N2S. The first-order valence-electron chi connectivity index (χ1n) is 4.89. The fourth-order valence-electron chi connectivity index (χ4n) is 1.06. The van der Waals surface area contributed by atoms with Crippen molar-refractivity contribution in [2.75, 3.05) is 6.54 Å². The largest absolute Gasteiger partial charge is 0.311 e. The molecule has 0 saturated heterocycles. The molecule has 0 atom stereocenters. The molecule has 0 aromatic carbocycles. The van der Waals surface area contributed by atoms with Crippen LogP contribution in [-0.4, -0.2) is 11.5 Å². The molecule has 0 bridgehead atoms. The monoisotopic (exact) mass is 198 g/mol. The fraction of sp³-hybridized carbons (Fsp3) is 0.700. The van der Waals surface area contributed by atoms with Crippen molar-refractivity contribution in [3.8, 4) is 0 Å². The van der Waals surface area contributed by atoms with Gasteiger partial charge in [0.2, 0.25) is 0 Å². The molecule has 0 unspecified atom stereocenters. The molecule has 0 amide bonds. The van der Waals surface area contributed by atoms with Gasteiger partial charge in [0.25, 0.3) is 0 Å². The van der Waals surface area contributed by atoms with E-state index < -0.39 is 0 Å². The topological polar surface area (TPSA) is 24.9 Å². The Kier molecular flexibility index (Phi) is 4.39. The highest BCUT2D eigenvalue weighted by atomic mass is 32.1. The second kappa shape index (κ2) is 5.35. The number of nitrogens with zero attached hydrogens (tertiary/aromatic N) is 1.